The Bertz CT molecular complexity index is 1110. The van der Waals surface area contributed by atoms with Crippen LogP contribution in [0.2, 0.25) is 0 Å². The summed E-state index contributed by atoms with van der Waals surface area (Å²) in [5.41, 5.74) is 3.85. The van der Waals surface area contributed by atoms with E-state index in [1.165, 1.54) is 20.0 Å². The van der Waals surface area contributed by atoms with Crippen LogP contribution in [0.15, 0.2) is 42.9 Å². The summed E-state index contributed by atoms with van der Waals surface area (Å²) in [5, 5.41) is 19.3. The molecule has 0 saturated heterocycles. The number of nitrogens with one attached hydrogen (secondary N) is 2. The number of anilines is 2. The van der Waals surface area contributed by atoms with Crippen LogP contribution in [0, 0.1) is 18.3 Å². The maximum atomic E-state index is 12.4. The zero-order valence-corrected chi connectivity index (χ0v) is 17.4. The molecule has 3 aromatic rings. The van der Waals surface area contributed by atoms with Gasteiger partial charge in [0, 0.05) is 30.6 Å². The molecular formula is C22H23N7O2. The average molecular weight is 417 g/mol. The first-order valence-corrected chi connectivity index (χ1v) is 10.0. The Balaban J connectivity index is 1.48. The topological polar surface area (TPSA) is 118 Å². The number of aromatic nitrogens is 4. The van der Waals surface area contributed by atoms with Crippen LogP contribution in [-0.4, -0.2) is 45.4 Å². The molecule has 1 amide bonds. The number of methoxy groups -OCH3 is 1. The molecule has 0 bridgehead atoms. The molecule has 1 aliphatic rings. The smallest absolute Gasteiger partial charge is 0.252 e. The van der Waals surface area contributed by atoms with Crippen molar-refractivity contribution in [1.29, 1.82) is 5.26 Å². The number of carbonyl (C=O) groups is 1. The number of carbonyl (C=O) groups excluding carboxylic acids is 1. The minimum absolute atomic E-state index is 0.135. The standard InChI is InChI=1S/C22H23N7O2/c1-14-10-24-22(27-18-11-25-29(12-18)19-7-8-19)28-20(14)15-3-5-16(6-4-15)21(30)26-17(9-23)13-31-2/h3-6,10-12,17,19H,7-8,13H2,1-2H3,(H,26,30)(H,24,27,28)/t17-/m1/s1. The zero-order valence-electron chi connectivity index (χ0n) is 17.4. The fraction of sp³-hybridized carbons (Fsp3) is 0.318. The van der Waals surface area contributed by atoms with Crippen LogP contribution < -0.4 is 10.6 Å². The number of ether oxygens (including phenoxy) is 1. The largest absolute Gasteiger partial charge is 0.381 e. The highest BCUT2D eigenvalue weighted by atomic mass is 16.5. The van der Waals surface area contributed by atoms with Gasteiger partial charge in [0.1, 0.15) is 6.04 Å². The van der Waals surface area contributed by atoms with E-state index in [1.54, 1.807) is 24.5 Å². The summed E-state index contributed by atoms with van der Waals surface area (Å²) >= 11 is 0. The van der Waals surface area contributed by atoms with Crippen LogP contribution in [-0.2, 0) is 4.74 Å². The molecule has 2 aromatic heterocycles. The summed E-state index contributed by atoms with van der Waals surface area (Å²) in [7, 11) is 1.48. The van der Waals surface area contributed by atoms with E-state index in [-0.39, 0.29) is 12.5 Å². The summed E-state index contributed by atoms with van der Waals surface area (Å²) in [6, 6.07) is 8.89. The maximum Gasteiger partial charge on any atom is 0.252 e. The van der Waals surface area contributed by atoms with Gasteiger partial charge in [-0.1, -0.05) is 12.1 Å². The van der Waals surface area contributed by atoms with Crippen molar-refractivity contribution in [2.24, 2.45) is 0 Å². The van der Waals surface area contributed by atoms with Gasteiger partial charge in [0.05, 0.1) is 36.3 Å². The van der Waals surface area contributed by atoms with Crippen molar-refractivity contribution in [3.8, 4) is 17.3 Å². The van der Waals surface area contributed by atoms with Crippen LogP contribution >= 0.6 is 0 Å². The lowest BCUT2D eigenvalue weighted by atomic mass is 10.1. The van der Waals surface area contributed by atoms with E-state index in [0.29, 0.717) is 17.6 Å². The summed E-state index contributed by atoms with van der Waals surface area (Å²) in [5.74, 6) is 0.152. The van der Waals surface area contributed by atoms with Gasteiger partial charge in [0.2, 0.25) is 5.95 Å². The fourth-order valence-corrected chi connectivity index (χ4v) is 3.16. The highest BCUT2D eigenvalue weighted by Gasteiger charge is 2.24. The van der Waals surface area contributed by atoms with E-state index in [4.69, 9.17) is 10.00 Å². The first-order chi connectivity index (χ1) is 15.1. The molecular weight excluding hydrogens is 394 g/mol. The normalized spacial score (nSPS) is 14.0. The van der Waals surface area contributed by atoms with E-state index >= 15 is 0 Å². The van der Waals surface area contributed by atoms with Gasteiger partial charge in [0.15, 0.2) is 0 Å². The predicted octanol–water partition coefficient (Wildman–Crippen LogP) is 3.00. The Kier molecular flexibility index (Phi) is 5.91. The molecule has 2 N–H and O–H groups in total. The Morgan fingerprint density at radius 3 is 2.77 bits per heavy atom. The SMILES string of the molecule is COC[C@@H](C#N)NC(=O)c1ccc(-c2nc(Nc3cnn(C4CC4)c3)ncc2C)cc1. The Morgan fingerprint density at radius 2 is 2.10 bits per heavy atom. The van der Waals surface area contributed by atoms with Crippen molar-refractivity contribution < 1.29 is 9.53 Å². The molecule has 0 radical (unpaired) electrons. The molecule has 1 saturated carbocycles. The van der Waals surface area contributed by atoms with Crippen LogP contribution in [0.1, 0.15) is 34.8 Å². The van der Waals surface area contributed by atoms with Crippen LogP contribution in [0.25, 0.3) is 11.3 Å². The minimum Gasteiger partial charge on any atom is -0.381 e. The molecule has 31 heavy (non-hydrogen) atoms. The molecule has 1 atom stereocenters. The second-order valence-electron chi connectivity index (χ2n) is 7.48. The molecule has 9 nitrogen and oxygen atoms in total. The maximum absolute atomic E-state index is 12.4. The van der Waals surface area contributed by atoms with Crippen LogP contribution in [0.4, 0.5) is 11.6 Å². The van der Waals surface area contributed by atoms with Gasteiger partial charge < -0.3 is 15.4 Å². The van der Waals surface area contributed by atoms with Gasteiger partial charge >= 0.3 is 0 Å². The van der Waals surface area contributed by atoms with Crippen LogP contribution in [0.3, 0.4) is 0 Å². The van der Waals surface area contributed by atoms with E-state index < -0.39 is 6.04 Å². The molecule has 1 aliphatic carbocycles. The van der Waals surface area contributed by atoms with Crippen molar-refractivity contribution in [3.05, 3.63) is 54.0 Å². The van der Waals surface area contributed by atoms with E-state index in [0.717, 1.165) is 22.5 Å². The van der Waals surface area contributed by atoms with Crippen LogP contribution in [0.5, 0.6) is 0 Å². The number of benzene rings is 1. The average Bonchev–Trinajstić information content (AvgIpc) is 3.53. The van der Waals surface area contributed by atoms with Crippen molar-refractivity contribution in [2.45, 2.75) is 31.8 Å². The number of nitrogens with zero attached hydrogens (tertiary/aromatic N) is 5. The Morgan fingerprint density at radius 1 is 1.32 bits per heavy atom. The molecule has 0 unspecified atom stereocenters. The van der Waals surface area contributed by atoms with Gasteiger partial charge in [-0.15, -0.1) is 0 Å². The summed E-state index contributed by atoms with van der Waals surface area (Å²) < 4.78 is 6.89. The van der Waals surface area contributed by atoms with Crippen molar-refractivity contribution >= 4 is 17.5 Å². The van der Waals surface area contributed by atoms with Gasteiger partial charge in [-0.3, -0.25) is 9.48 Å². The third-order valence-electron chi connectivity index (χ3n) is 4.97. The van der Waals surface area contributed by atoms with Crippen molar-refractivity contribution in [1.82, 2.24) is 25.1 Å². The number of nitriles is 1. The second-order valence-corrected chi connectivity index (χ2v) is 7.48. The highest BCUT2D eigenvalue weighted by molar-refractivity contribution is 5.95. The molecule has 0 aliphatic heterocycles. The number of hydrogen-bond acceptors (Lipinski definition) is 7. The van der Waals surface area contributed by atoms with Crippen molar-refractivity contribution in [3.63, 3.8) is 0 Å². The number of rotatable bonds is 8. The van der Waals surface area contributed by atoms with Crippen molar-refractivity contribution in [2.75, 3.05) is 19.0 Å². The summed E-state index contributed by atoms with van der Waals surface area (Å²) in [6.45, 7) is 2.07. The lowest BCUT2D eigenvalue weighted by Gasteiger charge is -2.11. The zero-order chi connectivity index (χ0) is 21.8. The van der Waals surface area contributed by atoms with Gasteiger partial charge in [-0.05, 0) is 37.5 Å². The Labute approximate surface area is 180 Å². The lowest BCUT2D eigenvalue weighted by Crippen LogP contribution is -2.36. The highest BCUT2D eigenvalue weighted by Crippen LogP contribution is 2.34. The molecule has 1 aromatic carbocycles. The molecule has 158 valence electrons. The Hall–Kier alpha value is -3.77. The number of hydrogen-bond donors (Lipinski definition) is 2. The molecule has 1 fully saturated rings. The van der Waals surface area contributed by atoms with E-state index in [2.05, 4.69) is 25.7 Å². The van der Waals surface area contributed by atoms with Gasteiger partial charge in [-0.25, -0.2) is 9.97 Å². The third-order valence-corrected chi connectivity index (χ3v) is 4.97. The molecule has 9 heteroatoms. The fourth-order valence-electron chi connectivity index (χ4n) is 3.16. The van der Waals surface area contributed by atoms with E-state index in [9.17, 15) is 4.79 Å². The monoisotopic (exact) mass is 417 g/mol. The first kappa shape index (κ1) is 20.5. The first-order valence-electron chi connectivity index (χ1n) is 10.0. The molecule has 0 spiro atoms. The van der Waals surface area contributed by atoms with E-state index in [1.807, 2.05) is 36.0 Å². The quantitative estimate of drug-likeness (QED) is 0.578. The minimum atomic E-state index is -0.695. The summed E-state index contributed by atoms with van der Waals surface area (Å²) in [4.78, 5) is 21.4. The summed E-state index contributed by atoms with van der Waals surface area (Å²) in [6.07, 6.45) is 7.84. The van der Waals surface area contributed by atoms with Gasteiger partial charge in [-0.2, -0.15) is 10.4 Å². The lowest BCUT2D eigenvalue weighted by molar-refractivity contribution is 0.0918. The molecule has 4 rings (SSSR count). The third kappa shape index (κ3) is 4.87. The van der Waals surface area contributed by atoms with Gasteiger partial charge in [0.25, 0.3) is 5.91 Å². The predicted molar refractivity (Wildman–Crippen MR) is 115 cm³/mol. The second kappa shape index (κ2) is 8.93. The number of aryl methyl sites for hydroxylation is 1. The number of amides is 1. The molecule has 2 heterocycles.